The van der Waals surface area contributed by atoms with Gasteiger partial charge in [0.1, 0.15) is 5.69 Å². The molecular formula is C16H14N4OS. The van der Waals surface area contributed by atoms with Gasteiger partial charge in [-0.2, -0.15) is 0 Å². The lowest BCUT2D eigenvalue weighted by atomic mass is 10.1. The van der Waals surface area contributed by atoms with Crippen LogP contribution in [0, 0.1) is 0 Å². The van der Waals surface area contributed by atoms with Crippen molar-refractivity contribution in [2.45, 2.75) is 6.54 Å². The molecule has 110 valence electrons. The standard InChI is InChI=1S/C16H14N4OS/c21-16(18-14-4-2-1-3-5-14)17-10-12-6-8-13(9-7-12)15-11-22-20-19-15/h1-9,11H,10H2,(H2,17,18,21). The second-order valence-corrected chi connectivity index (χ2v) is 5.27. The molecule has 0 aliphatic carbocycles. The van der Waals surface area contributed by atoms with Gasteiger partial charge in [0.15, 0.2) is 0 Å². The maximum absolute atomic E-state index is 11.8. The van der Waals surface area contributed by atoms with E-state index in [1.165, 1.54) is 11.5 Å². The molecule has 0 saturated heterocycles. The third-order valence-electron chi connectivity index (χ3n) is 3.09. The molecule has 22 heavy (non-hydrogen) atoms. The number of hydrogen-bond acceptors (Lipinski definition) is 4. The second-order valence-electron chi connectivity index (χ2n) is 4.66. The quantitative estimate of drug-likeness (QED) is 0.774. The monoisotopic (exact) mass is 310 g/mol. The van der Waals surface area contributed by atoms with Crippen molar-refractivity contribution in [3.8, 4) is 11.3 Å². The molecule has 0 aliphatic heterocycles. The van der Waals surface area contributed by atoms with Crippen molar-refractivity contribution in [3.05, 3.63) is 65.5 Å². The van der Waals surface area contributed by atoms with Crippen LogP contribution < -0.4 is 10.6 Å². The number of urea groups is 1. The zero-order valence-corrected chi connectivity index (χ0v) is 12.5. The Bertz CT molecular complexity index is 727. The largest absolute Gasteiger partial charge is 0.334 e. The van der Waals surface area contributed by atoms with E-state index in [-0.39, 0.29) is 6.03 Å². The zero-order chi connectivity index (χ0) is 15.2. The van der Waals surface area contributed by atoms with E-state index in [1.807, 2.05) is 60.0 Å². The Balaban J connectivity index is 1.54. The molecule has 0 bridgehead atoms. The van der Waals surface area contributed by atoms with Gasteiger partial charge in [0.05, 0.1) is 0 Å². The van der Waals surface area contributed by atoms with E-state index in [4.69, 9.17) is 0 Å². The van der Waals surface area contributed by atoms with Crippen LogP contribution >= 0.6 is 11.5 Å². The maximum atomic E-state index is 11.8. The summed E-state index contributed by atoms with van der Waals surface area (Å²) in [4.78, 5) is 11.8. The molecular weight excluding hydrogens is 296 g/mol. The van der Waals surface area contributed by atoms with Crippen LogP contribution in [0.25, 0.3) is 11.3 Å². The van der Waals surface area contributed by atoms with E-state index in [1.54, 1.807) is 0 Å². The van der Waals surface area contributed by atoms with Gasteiger partial charge in [-0.05, 0) is 29.2 Å². The highest BCUT2D eigenvalue weighted by Crippen LogP contribution is 2.18. The first-order valence-electron chi connectivity index (χ1n) is 6.77. The second kappa shape index (κ2) is 6.82. The van der Waals surface area contributed by atoms with Crippen LogP contribution in [0.3, 0.4) is 0 Å². The summed E-state index contributed by atoms with van der Waals surface area (Å²) in [7, 11) is 0. The van der Waals surface area contributed by atoms with Gasteiger partial charge >= 0.3 is 6.03 Å². The summed E-state index contributed by atoms with van der Waals surface area (Å²) in [5.41, 5.74) is 3.68. The van der Waals surface area contributed by atoms with Crippen molar-refractivity contribution in [1.82, 2.24) is 14.9 Å². The summed E-state index contributed by atoms with van der Waals surface area (Å²) in [5, 5.41) is 11.5. The summed E-state index contributed by atoms with van der Waals surface area (Å²) < 4.78 is 3.85. The average Bonchev–Trinajstić information content (AvgIpc) is 3.09. The summed E-state index contributed by atoms with van der Waals surface area (Å²) in [5.74, 6) is 0. The third kappa shape index (κ3) is 3.67. The molecule has 6 heteroatoms. The summed E-state index contributed by atoms with van der Waals surface area (Å²) in [6.07, 6.45) is 0. The van der Waals surface area contributed by atoms with Gasteiger partial charge < -0.3 is 10.6 Å². The topological polar surface area (TPSA) is 66.9 Å². The fraction of sp³-hybridized carbons (Fsp3) is 0.0625. The Morgan fingerprint density at radius 2 is 1.82 bits per heavy atom. The lowest BCUT2D eigenvalue weighted by Crippen LogP contribution is -2.28. The number of aromatic nitrogens is 2. The van der Waals surface area contributed by atoms with Crippen LogP contribution in [0.1, 0.15) is 5.56 Å². The minimum Gasteiger partial charge on any atom is -0.334 e. The molecule has 1 heterocycles. The van der Waals surface area contributed by atoms with Gasteiger partial charge in [0, 0.05) is 23.2 Å². The zero-order valence-electron chi connectivity index (χ0n) is 11.7. The van der Waals surface area contributed by atoms with Crippen molar-refractivity contribution in [1.29, 1.82) is 0 Å². The molecule has 2 N–H and O–H groups in total. The number of nitrogens with one attached hydrogen (secondary N) is 2. The molecule has 0 aliphatic rings. The number of para-hydroxylation sites is 1. The fourth-order valence-corrected chi connectivity index (χ4v) is 2.43. The van der Waals surface area contributed by atoms with Crippen molar-refractivity contribution in [3.63, 3.8) is 0 Å². The predicted octanol–water partition coefficient (Wildman–Crippen LogP) is 3.53. The van der Waals surface area contributed by atoms with Crippen LogP contribution in [-0.2, 0) is 6.54 Å². The summed E-state index contributed by atoms with van der Waals surface area (Å²) in [6.45, 7) is 0.467. The van der Waals surface area contributed by atoms with Crippen LogP contribution in [0.5, 0.6) is 0 Å². The number of amides is 2. The average molecular weight is 310 g/mol. The van der Waals surface area contributed by atoms with E-state index in [9.17, 15) is 4.79 Å². The van der Waals surface area contributed by atoms with Gasteiger partial charge in [-0.25, -0.2) is 4.79 Å². The number of nitrogens with zero attached hydrogens (tertiary/aromatic N) is 2. The Morgan fingerprint density at radius 3 is 2.50 bits per heavy atom. The third-order valence-corrected chi connectivity index (χ3v) is 3.60. The minimum absolute atomic E-state index is 0.223. The Kier molecular flexibility index (Phi) is 4.41. The normalized spacial score (nSPS) is 10.2. The highest BCUT2D eigenvalue weighted by Gasteiger charge is 2.03. The van der Waals surface area contributed by atoms with Crippen LogP contribution in [0.4, 0.5) is 10.5 Å². The van der Waals surface area contributed by atoms with Crippen molar-refractivity contribution < 1.29 is 4.79 Å². The van der Waals surface area contributed by atoms with E-state index in [2.05, 4.69) is 20.2 Å². The van der Waals surface area contributed by atoms with E-state index >= 15 is 0 Å². The predicted molar refractivity (Wildman–Crippen MR) is 87.6 cm³/mol. The molecule has 2 amide bonds. The van der Waals surface area contributed by atoms with Crippen LogP contribution in [-0.4, -0.2) is 15.6 Å². The molecule has 0 saturated carbocycles. The molecule has 3 rings (SSSR count). The van der Waals surface area contributed by atoms with E-state index in [0.717, 1.165) is 22.5 Å². The first-order valence-corrected chi connectivity index (χ1v) is 7.61. The van der Waals surface area contributed by atoms with Crippen LogP contribution in [0.15, 0.2) is 60.0 Å². The summed E-state index contributed by atoms with van der Waals surface area (Å²) in [6, 6.07) is 17.0. The van der Waals surface area contributed by atoms with Crippen molar-refractivity contribution >= 4 is 23.3 Å². The Hall–Kier alpha value is -2.73. The van der Waals surface area contributed by atoms with Gasteiger partial charge in [0.2, 0.25) is 0 Å². The van der Waals surface area contributed by atoms with Crippen molar-refractivity contribution in [2.75, 3.05) is 5.32 Å². The van der Waals surface area contributed by atoms with Gasteiger partial charge in [-0.15, -0.1) is 5.10 Å². The molecule has 0 atom stereocenters. The van der Waals surface area contributed by atoms with Crippen LogP contribution in [0.2, 0.25) is 0 Å². The minimum atomic E-state index is -0.223. The van der Waals surface area contributed by atoms with Gasteiger partial charge in [-0.3, -0.25) is 0 Å². The first kappa shape index (κ1) is 14.2. The molecule has 0 radical (unpaired) electrons. The molecule has 0 unspecified atom stereocenters. The lowest BCUT2D eigenvalue weighted by Gasteiger charge is -2.08. The molecule has 5 nitrogen and oxygen atoms in total. The van der Waals surface area contributed by atoms with Gasteiger partial charge in [0.25, 0.3) is 0 Å². The molecule has 1 aromatic heterocycles. The smallest absolute Gasteiger partial charge is 0.319 e. The molecule has 3 aromatic rings. The van der Waals surface area contributed by atoms with E-state index in [0.29, 0.717) is 6.54 Å². The number of anilines is 1. The number of rotatable bonds is 4. The number of carbonyl (C=O) groups excluding carboxylic acids is 1. The molecule has 2 aromatic carbocycles. The SMILES string of the molecule is O=C(NCc1ccc(-c2csnn2)cc1)Nc1ccccc1. The Morgan fingerprint density at radius 1 is 1.05 bits per heavy atom. The lowest BCUT2D eigenvalue weighted by molar-refractivity contribution is 0.251. The number of hydrogen-bond donors (Lipinski definition) is 2. The fourth-order valence-electron chi connectivity index (χ4n) is 1.96. The maximum Gasteiger partial charge on any atom is 0.319 e. The highest BCUT2D eigenvalue weighted by atomic mass is 32.1. The highest BCUT2D eigenvalue weighted by molar-refractivity contribution is 7.03. The number of carbonyl (C=O) groups is 1. The first-order chi connectivity index (χ1) is 10.8. The van der Waals surface area contributed by atoms with Gasteiger partial charge in [-0.1, -0.05) is 47.0 Å². The summed E-state index contributed by atoms with van der Waals surface area (Å²) >= 11 is 1.33. The Labute approximate surface area is 132 Å². The van der Waals surface area contributed by atoms with E-state index < -0.39 is 0 Å². The molecule has 0 spiro atoms. The van der Waals surface area contributed by atoms with Crippen molar-refractivity contribution in [2.24, 2.45) is 0 Å². The number of benzene rings is 2. The molecule has 0 fully saturated rings.